The van der Waals surface area contributed by atoms with Gasteiger partial charge in [0.2, 0.25) is 5.78 Å². The summed E-state index contributed by atoms with van der Waals surface area (Å²) >= 11 is 1.56. The van der Waals surface area contributed by atoms with Crippen molar-refractivity contribution in [2.45, 2.75) is 32.0 Å². The Morgan fingerprint density at radius 2 is 1.84 bits per heavy atom. The van der Waals surface area contributed by atoms with Crippen LogP contribution >= 0.6 is 11.8 Å². The van der Waals surface area contributed by atoms with Gasteiger partial charge in [0.1, 0.15) is 5.75 Å². The van der Waals surface area contributed by atoms with E-state index in [9.17, 15) is 4.79 Å². The molecule has 0 aliphatic rings. The second-order valence-electron chi connectivity index (χ2n) is 7.15. The number of hydrogen-bond donors (Lipinski definition) is 0. The lowest BCUT2D eigenvalue weighted by Gasteiger charge is -2.11. The van der Waals surface area contributed by atoms with Gasteiger partial charge in [-0.1, -0.05) is 41.6 Å². The number of rotatable bonds is 10. The first-order valence-electron chi connectivity index (χ1n) is 10.5. The van der Waals surface area contributed by atoms with Crippen LogP contribution in [0.3, 0.4) is 0 Å². The van der Waals surface area contributed by atoms with Gasteiger partial charge in [0.25, 0.3) is 5.56 Å². The fourth-order valence-corrected chi connectivity index (χ4v) is 4.18. The molecule has 2 heterocycles. The molecule has 8 heteroatoms. The van der Waals surface area contributed by atoms with E-state index in [1.165, 1.54) is 5.56 Å². The molecule has 0 aliphatic heterocycles. The molecule has 2 aromatic heterocycles. The fourth-order valence-electron chi connectivity index (χ4n) is 3.42. The number of aromatic nitrogens is 4. The predicted molar refractivity (Wildman–Crippen MR) is 123 cm³/mol. The minimum Gasteiger partial charge on any atom is -0.493 e. The van der Waals surface area contributed by atoms with Gasteiger partial charge in [-0.2, -0.15) is 0 Å². The molecule has 31 heavy (non-hydrogen) atoms. The summed E-state index contributed by atoms with van der Waals surface area (Å²) in [6.45, 7) is 6.37. The predicted octanol–water partition coefficient (Wildman–Crippen LogP) is 3.95. The van der Waals surface area contributed by atoms with E-state index in [4.69, 9.17) is 9.47 Å². The Hall–Kier alpha value is -2.84. The highest BCUT2D eigenvalue weighted by molar-refractivity contribution is 7.99. The van der Waals surface area contributed by atoms with Crippen LogP contribution < -0.4 is 10.3 Å². The number of benzene rings is 2. The van der Waals surface area contributed by atoms with Crippen molar-refractivity contribution in [1.82, 2.24) is 19.2 Å². The van der Waals surface area contributed by atoms with Crippen LogP contribution in [0.4, 0.5) is 0 Å². The molecule has 4 rings (SSSR count). The molecule has 0 saturated carbocycles. The Kier molecular flexibility index (Phi) is 6.89. The van der Waals surface area contributed by atoms with Crippen LogP contribution in [0, 0.1) is 6.92 Å². The van der Waals surface area contributed by atoms with Gasteiger partial charge in [0.15, 0.2) is 5.16 Å². The van der Waals surface area contributed by atoms with E-state index in [0.717, 1.165) is 22.8 Å². The first kappa shape index (κ1) is 21.4. The molecular formula is C23H26N4O3S. The molecule has 0 saturated heterocycles. The van der Waals surface area contributed by atoms with E-state index in [1.807, 2.05) is 59.9 Å². The van der Waals surface area contributed by atoms with Crippen molar-refractivity contribution in [2.75, 3.05) is 25.6 Å². The summed E-state index contributed by atoms with van der Waals surface area (Å²) in [5.74, 6) is 2.12. The molecule has 0 spiro atoms. The summed E-state index contributed by atoms with van der Waals surface area (Å²) in [6, 6.07) is 15.6. The van der Waals surface area contributed by atoms with Crippen molar-refractivity contribution >= 4 is 28.4 Å². The first-order valence-corrected chi connectivity index (χ1v) is 11.4. The van der Waals surface area contributed by atoms with E-state index in [2.05, 4.69) is 17.1 Å². The van der Waals surface area contributed by atoms with E-state index in [1.54, 1.807) is 16.3 Å². The van der Waals surface area contributed by atoms with Crippen LogP contribution in [0.15, 0.2) is 58.5 Å². The molecular weight excluding hydrogens is 412 g/mol. The number of fused-ring (bicyclic) bond motifs is 3. The van der Waals surface area contributed by atoms with Crippen LogP contribution in [0.5, 0.6) is 5.75 Å². The average molecular weight is 439 g/mol. The zero-order chi connectivity index (χ0) is 21.6. The highest BCUT2D eigenvalue weighted by Crippen LogP contribution is 2.22. The third-order valence-corrected chi connectivity index (χ3v) is 5.85. The average Bonchev–Trinajstić information content (AvgIpc) is 3.21. The summed E-state index contributed by atoms with van der Waals surface area (Å²) in [4.78, 5) is 13.1. The minimum atomic E-state index is -0.0498. The summed E-state index contributed by atoms with van der Waals surface area (Å²) in [6.07, 6.45) is 0.738. The number of thioether (sulfide) groups is 1. The second kappa shape index (κ2) is 9.98. The molecule has 162 valence electrons. The Balaban J connectivity index is 1.57. The number of para-hydroxylation sites is 1. The highest BCUT2D eigenvalue weighted by Gasteiger charge is 2.16. The second-order valence-corrected chi connectivity index (χ2v) is 8.21. The smallest absolute Gasteiger partial charge is 0.262 e. The van der Waals surface area contributed by atoms with E-state index in [-0.39, 0.29) is 5.56 Å². The van der Waals surface area contributed by atoms with Crippen molar-refractivity contribution in [1.29, 1.82) is 0 Å². The largest absolute Gasteiger partial charge is 0.493 e. The molecule has 0 bridgehead atoms. The summed E-state index contributed by atoms with van der Waals surface area (Å²) in [5.41, 5.74) is 1.97. The quantitative estimate of drug-likeness (QED) is 0.276. The maximum Gasteiger partial charge on any atom is 0.262 e. The topological polar surface area (TPSA) is 70.7 Å². The van der Waals surface area contributed by atoms with Crippen LogP contribution in [-0.2, 0) is 11.3 Å². The first-order chi connectivity index (χ1) is 15.2. The van der Waals surface area contributed by atoms with Gasteiger partial charge >= 0.3 is 0 Å². The van der Waals surface area contributed by atoms with Crippen LogP contribution in [-0.4, -0.2) is 44.7 Å². The highest BCUT2D eigenvalue weighted by atomic mass is 32.2. The fraction of sp³-hybridized carbons (Fsp3) is 0.348. The molecule has 0 radical (unpaired) electrons. The zero-order valence-corrected chi connectivity index (χ0v) is 18.6. The molecule has 7 nitrogen and oxygen atoms in total. The lowest BCUT2D eigenvalue weighted by Crippen LogP contribution is -2.24. The maximum absolute atomic E-state index is 13.1. The third kappa shape index (κ3) is 4.75. The number of nitrogens with zero attached hydrogens (tertiary/aromatic N) is 4. The van der Waals surface area contributed by atoms with Crippen molar-refractivity contribution < 1.29 is 9.47 Å². The van der Waals surface area contributed by atoms with Gasteiger partial charge in [0.05, 0.1) is 17.5 Å². The van der Waals surface area contributed by atoms with Gasteiger partial charge in [-0.25, -0.2) is 0 Å². The van der Waals surface area contributed by atoms with Gasteiger partial charge < -0.3 is 9.47 Å². The van der Waals surface area contributed by atoms with Gasteiger partial charge in [-0.15, -0.1) is 10.2 Å². The third-order valence-electron chi connectivity index (χ3n) is 4.96. The van der Waals surface area contributed by atoms with Crippen molar-refractivity contribution in [3.8, 4) is 5.75 Å². The summed E-state index contributed by atoms with van der Waals surface area (Å²) in [7, 11) is 0. The lowest BCUT2D eigenvalue weighted by atomic mass is 10.2. The Labute approximate surface area is 185 Å². The minimum absolute atomic E-state index is 0.0498. The van der Waals surface area contributed by atoms with Crippen LogP contribution in [0.1, 0.15) is 18.9 Å². The lowest BCUT2D eigenvalue weighted by molar-refractivity contribution is 0.141. The Morgan fingerprint density at radius 1 is 1.03 bits per heavy atom. The molecule has 0 amide bonds. The Bertz CT molecular complexity index is 1220. The molecule has 0 atom stereocenters. The summed E-state index contributed by atoms with van der Waals surface area (Å²) < 4.78 is 14.9. The SMILES string of the molecule is CCOCCCn1c(=O)c2ccccc2n2c(SCCOc3ccc(C)cc3)nnc12. The monoisotopic (exact) mass is 438 g/mol. The molecule has 0 unspecified atom stereocenters. The molecule has 4 aromatic rings. The van der Waals surface area contributed by atoms with Crippen LogP contribution in [0.2, 0.25) is 0 Å². The van der Waals surface area contributed by atoms with Crippen molar-refractivity contribution in [2.24, 2.45) is 0 Å². The van der Waals surface area contributed by atoms with E-state index < -0.39 is 0 Å². The Morgan fingerprint density at radius 3 is 2.65 bits per heavy atom. The van der Waals surface area contributed by atoms with Crippen LogP contribution in [0.25, 0.3) is 16.7 Å². The zero-order valence-electron chi connectivity index (χ0n) is 17.8. The van der Waals surface area contributed by atoms with Gasteiger partial charge in [0, 0.05) is 25.5 Å². The molecule has 0 aliphatic carbocycles. The maximum atomic E-state index is 13.1. The normalized spacial score (nSPS) is 11.4. The number of ether oxygens (including phenoxy) is 2. The molecule has 0 N–H and O–H groups in total. The number of hydrogen-bond acceptors (Lipinski definition) is 6. The van der Waals surface area contributed by atoms with Gasteiger partial charge in [-0.3, -0.25) is 13.8 Å². The molecule has 2 aromatic carbocycles. The summed E-state index contributed by atoms with van der Waals surface area (Å²) in [5, 5.41) is 10.1. The van der Waals surface area contributed by atoms with E-state index >= 15 is 0 Å². The van der Waals surface area contributed by atoms with Gasteiger partial charge in [-0.05, 0) is 44.5 Å². The van der Waals surface area contributed by atoms with E-state index in [0.29, 0.717) is 43.3 Å². The standard InChI is InChI=1S/C23H26N4O3S/c1-3-29-14-6-13-26-21(28)19-7-4-5-8-20(19)27-22(26)24-25-23(27)31-16-15-30-18-11-9-17(2)10-12-18/h4-5,7-12H,3,6,13-16H2,1-2H3. The van der Waals surface area contributed by atoms with Crippen molar-refractivity contribution in [3.05, 3.63) is 64.4 Å². The number of aryl methyl sites for hydroxylation is 2. The molecule has 0 fully saturated rings. The van der Waals surface area contributed by atoms with Crippen molar-refractivity contribution in [3.63, 3.8) is 0 Å².